The van der Waals surface area contributed by atoms with Crippen LogP contribution in [0.5, 0.6) is 5.75 Å². The molecule has 2 N–H and O–H groups in total. The average Bonchev–Trinajstić information content (AvgIpc) is 3.38. The summed E-state index contributed by atoms with van der Waals surface area (Å²) in [7, 11) is 0. The third-order valence-corrected chi connectivity index (χ3v) is 6.13. The van der Waals surface area contributed by atoms with Crippen molar-refractivity contribution >= 4 is 40.6 Å². The van der Waals surface area contributed by atoms with Crippen LogP contribution in [0.3, 0.4) is 0 Å². The van der Waals surface area contributed by atoms with E-state index in [1.165, 1.54) is 0 Å². The summed E-state index contributed by atoms with van der Waals surface area (Å²) in [6.07, 6.45) is 5.10. The maximum Gasteiger partial charge on any atom is 0.276 e. The fourth-order valence-corrected chi connectivity index (χ4v) is 4.17. The van der Waals surface area contributed by atoms with E-state index in [1.807, 2.05) is 73.7 Å². The minimum atomic E-state index is -0.320. The van der Waals surface area contributed by atoms with Gasteiger partial charge in [-0.05, 0) is 67.3 Å². The highest BCUT2D eigenvalue weighted by Gasteiger charge is 2.17. The summed E-state index contributed by atoms with van der Waals surface area (Å²) >= 11 is 0. The minimum Gasteiger partial charge on any atom is -0.456 e. The lowest BCUT2D eigenvalue weighted by Gasteiger charge is -2.27. The van der Waals surface area contributed by atoms with Crippen LogP contribution in [0, 0.1) is 0 Å². The molecule has 1 aliphatic heterocycles. The first-order chi connectivity index (χ1) is 18.6. The standard InChI is InChI=1S/C29H28N6O3/c1-20(16-24(19-30-2)38-23-6-4-3-5-7-23)21-8-10-26-25(17-21)28(34-33-26)29(36)32-22-9-11-27(31-18-22)35-12-14-37-15-13-35/h3-11,16-19H,2,12-15H2,1H3,(H,32,36)(H,33,34)/b20-16+,24-19+. The van der Waals surface area contributed by atoms with Gasteiger partial charge in [0.25, 0.3) is 5.91 Å². The zero-order valence-electron chi connectivity index (χ0n) is 21.1. The van der Waals surface area contributed by atoms with E-state index in [0.29, 0.717) is 41.5 Å². The van der Waals surface area contributed by atoms with Crippen molar-refractivity contribution in [2.45, 2.75) is 6.92 Å². The van der Waals surface area contributed by atoms with E-state index >= 15 is 0 Å². The topological polar surface area (TPSA) is 105 Å². The molecule has 2 aromatic carbocycles. The molecule has 9 nitrogen and oxygen atoms in total. The Kier molecular flexibility index (Phi) is 7.56. The number of carbonyl (C=O) groups is 1. The summed E-state index contributed by atoms with van der Waals surface area (Å²) in [5.74, 6) is 1.78. The predicted octanol–water partition coefficient (Wildman–Crippen LogP) is 5.07. The van der Waals surface area contributed by atoms with E-state index in [2.05, 4.69) is 37.1 Å². The van der Waals surface area contributed by atoms with Crippen LogP contribution in [0.2, 0.25) is 0 Å². The monoisotopic (exact) mass is 508 g/mol. The molecule has 0 aliphatic carbocycles. The molecule has 38 heavy (non-hydrogen) atoms. The zero-order valence-corrected chi connectivity index (χ0v) is 21.1. The van der Waals surface area contributed by atoms with E-state index in [1.54, 1.807) is 12.4 Å². The van der Waals surface area contributed by atoms with Gasteiger partial charge in [-0.1, -0.05) is 24.3 Å². The lowest BCUT2D eigenvalue weighted by molar-refractivity contribution is 0.102. The second-order valence-electron chi connectivity index (χ2n) is 8.75. The van der Waals surface area contributed by atoms with E-state index in [0.717, 1.165) is 35.6 Å². The number of amides is 1. The number of nitrogens with zero attached hydrogens (tertiary/aromatic N) is 4. The molecule has 2 aromatic heterocycles. The van der Waals surface area contributed by atoms with Crippen molar-refractivity contribution in [2.75, 3.05) is 36.5 Å². The third-order valence-electron chi connectivity index (χ3n) is 6.13. The van der Waals surface area contributed by atoms with Gasteiger partial charge in [0, 0.05) is 18.5 Å². The van der Waals surface area contributed by atoms with Crippen molar-refractivity contribution in [1.82, 2.24) is 15.2 Å². The van der Waals surface area contributed by atoms with Crippen LogP contribution in [0.15, 0.2) is 89.9 Å². The number of fused-ring (bicyclic) bond motifs is 1. The molecule has 5 rings (SSSR count). The molecule has 9 heteroatoms. The summed E-state index contributed by atoms with van der Waals surface area (Å²) in [6, 6.07) is 19.0. The molecule has 1 fully saturated rings. The summed E-state index contributed by atoms with van der Waals surface area (Å²) in [4.78, 5) is 23.6. The second kappa shape index (κ2) is 11.5. The number of aromatic amines is 1. The molecular formula is C29H28N6O3. The fraction of sp³-hybridized carbons (Fsp3) is 0.172. The van der Waals surface area contributed by atoms with Crippen molar-refractivity contribution in [3.63, 3.8) is 0 Å². The van der Waals surface area contributed by atoms with Crippen LogP contribution in [0.1, 0.15) is 23.0 Å². The number of H-pyrrole nitrogens is 1. The molecule has 192 valence electrons. The van der Waals surface area contributed by atoms with Crippen LogP contribution >= 0.6 is 0 Å². The molecule has 0 saturated carbocycles. The molecule has 1 amide bonds. The SMILES string of the molecule is C=N/C=C(\C=C(/C)c1ccc2[nH]nc(C(=O)Nc3ccc(N4CCOCC4)nc3)c2c1)Oc1ccccc1. The van der Waals surface area contributed by atoms with Crippen LogP contribution in [-0.2, 0) is 4.74 Å². The highest BCUT2D eigenvalue weighted by atomic mass is 16.5. The number of pyridine rings is 1. The molecule has 0 spiro atoms. The van der Waals surface area contributed by atoms with Crippen LogP contribution in [-0.4, -0.2) is 54.1 Å². The second-order valence-corrected chi connectivity index (χ2v) is 8.75. The molecule has 1 aliphatic rings. The predicted molar refractivity (Wildman–Crippen MR) is 150 cm³/mol. The van der Waals surface area contributed by atoms with Crippen molar-refractivity contribution < 1.29 is 14.3 Å². The van der Waals surface area contributed by atoms with E-state index in [4.69, 9.17) is 9.47 Å². The smallest absolute Gasteiger partial charge is 0.276 e. The molecule has 0 unspecified atom stereocenters. The number of para-hydroxylation sites is 1. The first-order valence-corrected chi connectivity index (χ1v) is 12.3. The quantitative estimate of drug-likeness (QED) is 0.196. The lowest BCUT2D eigenvalue weighted by Crippen LogP contribution is -2.36. The Hall–Kier alpha value is -4.76. The number of nitrogens with one attached hydrogen (secondary N) is 2. The normalized spacial score (nSPS) is 14.4. The van der Waals surface area contributed by atoms with Crippen molar-refractivity contribution in [2.24, 2.45) is 4.99 Å². The van der Waals surface area contributed by atoms with Crippen LogP contribution in [0.25, 0.3) is 16.5 Å². The Morgan fingerprint density at radius 3 is 2.71 bits per heavy atom. The number of benzene rings is 2. The third kappa shape index (κ3) is 5.79. The summed E-state index contributed by atoms with van der Waals surface area (Å²) in [5.41, 5.74) is 3.50. The Morgan fingerprint density at radius 1 is 1.16 bits per heavy atom. The number of anilines is 2. The molecule has 3 heterocycles. The number of carbonyl (C=O) groups excluding carboxylic acids is 1. The molecular weight excluding hydrogens is 480 g/mol. The van der Waals surface area contributed by atoms with Gasteiger partial charge in [-0.15, -0.1) is 0 Å². The van der Waals surface area contributed by atoms with Crippen LogP contribution < -0.4 is 15.0 Å². The van der Waals surface area contributed by atoms with Gasteiger partial charge in [-0.2, -0.15) is 5.10 Å². The highest BCUT2D eigenvalue weighted by Crippen LogP contribution is 2.25. The number of ether oxygens (including phenoxy) is 2. The Bertz CT molecular complexity index is 1490. The highest BCUT2D eigenvalue weighted by molar-refractivity contribution is 6.11. The van der Waals surface area contributed by atoms with Gasteiger partial charge in [0.05, 0.1) is 36.8 Å². The first-order valence-electron chi connectivity index (χ1n) is 12.3. The van der Waals surface area contributed by atoms with Gasteiger partial charge >= 0.3 is 0 Å². The fourth-order valence-electron chi connectivity index (χ4n) is 4.17. The largest absolute Gasteiger partial charge is 0.456 e. The maximum atomic E-state index is 13.1. The number of hydrogen-bond acceptors (Lipinski definition) is 7. The number of aliphatic imine (C=N–C) groups is 1. The van der Waals surface area contributed by atoms with Gasteiger partial charge in [0.1, 0.15) is 17.3 Å². The van der Waals surface area contributed by atoms with Gasteiger partial charge < -0.3 is 19.7 Å². The van der Waals surface area contributed by atoms with Crippen LogP contribution in [0.4, 0.5) is 11.5 Å². The van der Waals surface area contributed by atoms with E-state index in [9.17, 15) is 4.79 Å². The molecule has 0 bridgehead atoms. The first kappa shape index (κ1) is 24.9. The molecule has 4 aromatic rings. The summed E-state index contributed by atoms with van der Waals surface area (Å²) < 4.78 is 11.3. The zero-order chi connectivity index (χ0) is 26.3. The van der Waals surface area contributed by atoms with Gasteiger partial charge in [0.2, 0.25) is 0 Å². The van der Waals surface area contributed by atoms with Gasteiger partial charge in [0.15, 0.2) is 5.69 Å². The summed E-state index contributed by atoms with van der Waals surface area (Å²) in [6.45, 7) is 8.48. The van der Waals surface area contributed by atoms with E-state index < -0.39 is 0 Å². The number of allylic oxidation sites excluding steroid dienone is 2. The molecule has 1 saturated heterocycles. The van der Waals surface area contributed by atoms with Crippen molar-refractivity contribution in [3.8, 4) is 5.75 Å². The van der Waals surface area contributed by atoms with Gasteiger partial charge in [-0.3, -0.25) is 14.9 Å². The molecule has 0 radical (unpaired) electrons. The minimum absolute atomic E-state index is 0.302. The maximum absolute atomic E-state index is 13.1. The Labute approximate surface area is 220 Å². The van der Waals surface area contributed by atoms with Gasteiger partial charge in [-0.25, -0.2) is 4.98 Å². The average molecular weight is 509 g/mol. The van der Waals surface area contributed by atoms with Crippen molar-refractivity contribution in [3.05, 3.63) is 96.2 Å². The number of hydrogen-bond donors (Lipinski definition) is 2. The van der Waals surface area contributed by atoms with E-state index in [-0.39, 0.29) is 5.91 Å². The number of rotatable bonds is 8. The Morgan fingerprint density at radius 2 is 1.97 bits per heavy atom. The Balaban J connectivity index is 1.34. The molecule has 0 atom stereocenters. The lowest BCUT2D eigenvalue weighted by atomic mass is 10.0. The number of morpholine rings is 1. The number of aromatic nitrogens is 3. The van der Waals surface area contributed by atoms with Crippen molar-refractivity contribution in [1.29, 1.82) is 0 Å². The summed E-state index contributed by atoms with van der Waals surface area (Å²) in [5, 5.41) is 10.8.